The van der Waals surface area contributed by atoms with Crippen LogP contribution >= 0.6 is 23.2 Å². The van der Waals surface area contributed by atoms with Crippen molar-refractivity contribution in [1.82, 2.24) is 9.88 Å². The van der Waals surface area contributed by atoms with Crippen LogP contribution in [-0.2, 0) is 6.54 Å². The van der Waals surface area contributed by atoms with Gasteiger partial charge in [0.2, 0.25) is 0 Å². The highest BCUT2D eigenvalue weighted by molar-refractivity contribution is 6.32. The van der Waals surface area contributed by atoms with Crippen molar-refractivity contribution >= 4 is 34.8 Å². The maximum absolute atomic E-state index is 13.7. The molecule has 2 rings (SSSR count). The fraction of sp³-hybridized carbons (Fsp3) is 0.143. The molecule has 21 heavy (non-hydrogen) atoms. The second kappa shape index (κ2) is 6.28. The molecular formula is C14H12Cl2FN3O. The lowest BCUT2D eigenvalue weighted by Gasteiger charge is -2.19. The molecule has 2 aromatic rings. The van der Waals surface area contributed by atoms with Gasteiger partial charge in [-0.1, -0.05) is 29.3 Å². The highest BCUT2D eigenvalue weighted by atomic mass is 35.5. The molecule has 0 bridgehead atoms. The Labute approximate surface area is 131 Å². The monoisotopic (exact) mass is 327 g/mol. The van der Waals surface area contributed by atoms with Crippen LogP contribution in [-0.4, -0.2) is 22.8 Å². The molecule has 1 aromatic heterocycles. The number of nitrogens with two attached hydrogens (primary N) is 1. The minimum atomic E-state index is -0.473. The van der Waals surface area contributed by atoms with E-state index in [2.05, 4.69) is 4.98 Å². The summed E-state index contributed by atoms with van der Waals surface area (Å²) in [4.78, 5) is 17.4. The van der Waals surface area contributed by atoms with Crippen molar-refractivity contribution in [2.24, 2.45) is 0 Å². The number of nitrogen functional groups attached to an aromatic ring is 1. The summed E-state index contributed by atoms with van der Waals surface area (Å²) in [5.41, 5.74) is 6.31. The van der Waals surface area contributed by atoms with Crippen molar-refractivity contribution in [3.8, 4) is 0 Å². The molecule has 0 spiro atoms. The number of halogens is 3. The summed E-state index contributed by atoms with van der Waals surface area (Å²) in [6.07, 6.45) is 1.35. The van der Waals surface area contributed by atoms with Gasteiger partial charge in [-0.05, 0) is 18.2 Å². The summed E-state index contributed by atoms with van der Waals surface area (Å²) in [5, 5.41) is 0.298. The molecule has 1 aromatic carbocycles. The third kappa shape index (κ3) is 3.43. The van der Waals surface area contributed by atoms with Crippen LogP contribution in [0.5, 0.6) is 0 Å². The zero-order chi connectivity index (χ0) is 15.6. The lowest BCUT2D eigenvalue weighted by molar-refractivity contribution is 0.0783. The van der Waals surface area contributed by atoms with E-state index in [-0.39, 0.29) is 27.8 Å². The van der Waals surface area contributed by atoms with Crippen LogP contribution in [0.25, 0.3) is 0 Å². The third-order valence-corrected chi connectivity index (χ3v) is 3.55. The number of hydrogen-bond donors (Lipinski definition) is 1. The number of benzene rings is 1. The number of amides is 1. The first-order chi connectivity index (χ1) is 9.90. The maximum Gasteiger partial charge on any atom is 0.257 e. The number of aromatic nitrogens is 1. The van der Waals surface area contributed by atoms with Crippen LogP contribution in [0.4, 0.5) is 10.1 Å². The number of carbonyl (C=O) groups excluding carboxylic acids is 1. The standard InChI is InChI=1S/C14H12Cl2FN3O/c1-20(7-10-11(15)3-2-4-12(10)17)14(21)9-5-8(18)6-19-13(9)16/h2-6H,7,18H2,1H3. The average molecular weight is 328 g/mol. The molecule has 0 aliphatic heterocycles. The third-order valence-electron chi connectivity index (χ3n) is 2.89. The molecule has 1 heterocycles. The van der Waals surface area contributed by atoms with Crippen LogP contribution in [0.3, 0.4) is 0 Å². The summed E-state index contributed by atoms with van der Waals surface area (Å²) in [6.45, 7) is 0.00939. The molecule has 0 unspecified atom stereocenters. The van der Waals surface area contributed by atoms with Crippen molar-refractivity contribution in [2.75, 3.05) is 12.8 Å². The molecule has 110 valence electrons. The van der Waals surface area contributed by atoms with Gasteiger partial charge in [0.25, 0.3) is 5.91 Å². The van der Waals surface area contributed by atoms with Gasteiger partial charge >= 0.3 is 0 Å². The summed E-state index contributed by atoms with van der Waals surface area (Å²) in [6, 6.07) is 5.78. The van der Waals surface area contributed by atoms with E-state index in [1.54, 1.807) is 6.07 Å². The largest absolute Gasteiger partial charge is 0.397 e. The molecule has 0 aliphatic carbocycles. The highest BCUT2D eigenvalue weighted by Gasteiger charge is 2.19. The number of anilines is 1. The van der Waals surface area contributed by atoms with Crippen molar-refractivity contribution in [3.05, 3.63) is 57.6 Å². The molecule has 0 saturated carbocycles. The Morgan fingerprint density at radius 3 is 2.81 bits per heavy atom. The van der Waals surface area contributed by atoms with Crippen molar-refractivity contribution in [2.45, 2.75) is 6.54 Å². The normalized spacial score (nSPS) is 10.5. The van der Waals surface area contributed by atoms with Gasteiger partial charge in [-0.15, -0.1) is 0 Å². The first-order valence-corrected chi connectivity index (χ1v) is 6.75. The molecule has 4 nitrogen and oxygen atoms in total. The fourth-order valence-electron chi connectivity index (χ4n) is 1.81. The minimum Gasteiger partial charge on any atom is -0.397 e. The Bertz CT molecular complexity index is 674. The van der Waals surface area contributed by atoms with E-state index in [1.165, 1.54) is 36.3 Å². The van der Waals surface area contributed by atoms with Crippen LogP contribution in [0.15, 0.2) is 30.5 Å². The Morgan fingerprint density at radius 2 is 2.14 bits per heavy atom. The van der Waals surface area contributed by atoms with Gasteiger partial charge in [0.05, 0.1) is 17.4 Å². The molecule has 0 saturated heterocycles. The molecule has 0 fully saturated rings. The number of hydrogen-bond acceptors (Lipinski definition) is 3. The van der Waals surface area contributed by atoms with Gasteiger partial charge in [0.15, 0.2) is 0 Å². The first-order valence-electron chi connectivity index (χ1n) is 5.99. The van der Waals surface area contributed by atoms with Crippen molar-refractivity contribution in [1.29, 1.82) is 0 Å². The van der Waals surface area contributed by atoms with Crippen molar-refractivity contribution < 1.29 is 9.18 Å². The Balaban J connectivity index is 2.26. The molecule has 7 heteroatoms. The molecular weight excluding hydrogens is 316 g/mol. The fourth-order valence-corrected chi connectivity index (χ4v) is 2.22. The van der Waals surface area contributed by atoms with Crippen molar-refractivity contribution in [3.63, 3.8) is 0 Å². The SMILES string of the molecule is CN(Cc1c(F)cccc1Cl)C(=O)c1cc(N)cnc1Cl. The summed E-state index contributed by atoms with van der Waals surface area (Å²) < 4.78 is 13.7. The van der Waals surface area contributed by atoms with Crippen LogP contribution in [0, 0.1) is 5.82 Å². The summed E-state index contributed by atoms with van der Waals surface area (Å²) in [7, 11) is 1.52. The Kier molecular flexibility index (Phi) is 4.65. The van der Waals surface area contributed by atoms with Crippen LogP contribution in [0.2, 0.25) is 10.2 Å². The molecule has 0 radical (unpaired) electrons. The average Bonchev–Trinajstić information content (AvgIpc) is 2.44. The van der Waals surface area contributed by atoms with Crippen LogP contribution in [0.1, 0.15) is 15.9 Å². The van der Waals surface area contributed by atoms with E-state index in [4.69, 9.17) is 28.9 Å². The summed E-state index contributed by atoms with van der Waals surface area (Å²) >= 11 is 11.8. The topological polar surface area (TPSA) is 59.2 Å². The number of nitrogens with zero attached hydrogens (tertiary/aromatic N) is 2. The Morgan fingerprint density at radius 1 is 1.43 bits per heavy atom. The van der Waals surface area contributed by atoms with Crippen LogP contribution < -0.4 is 5.73 Å². The maximum atomic E-state index is 13.7. The van der Waals surface area contributed by atoms with E-state index in [9.17, 15) is 9.18 Å². The zero-order valence-corrected chi connectivity index (χ0v) is 12.6. The van der Waals surface area contributed by atoms with E-state index >= 15 is 0 Å². The molecule has 2 N–H and O–H groups in total. The van der Waals surface area contributed by atoms with E-state index < -0.39 is 11.7 Å². The molecule has 0 aliphatic rings. The highest BCUT2D eigenvalue weighted by Crippen LogP contribution is 2.22. The van der Waals surface area contributed by atoms with E-state index in [1.807, 2.05) is 0 Å². The molecule has 1 amide bonds. The quantitative estimate of drug-likeness (QED) is 0.879. The van der Waals surface area contributed by atoms with E-state index in [0.717, 1.165) is 0 Å². The van der Waals surface area contributed by atoms with Gasteiger partial charge in [0.1, 0.15) is 11.0 Å². The van der Waals surface area contributed by atoms with Gasteiger partial charge < -0.3 is 10.6 Å². The smallest absolute Gasteiger partial charge is 0.257 e. The van der Waals surface area contributed by atoms with Gasteiger partial charge in [-0.25, -0.2) is 9.37 Å². The number of carbonyl (C=O) groups is 1. The zero-order valence-electron chi connectivity index (χ0n) is 11.1. The summed E-state index contributed by atoms with van der Waals surface area (Å²) in [5.74, 6) is -0.891. The van der Waals surface area contributed by atoms with E-state index in [0.29, 0.717) is 5.69 Å². The van der Waals surface area contributed by atoms with Gasteiger partial charge in [-0.2, -0.15) is 0 Å². The number of pyridine rings is 1. The predicted octanol–water partition coefficient (Wildman–Crippen LogP) is 3.38. The number of rotatable bonds is 3. The second-order valence-corrected chi connectivity index (χ2v) is 5.23. The lowest BCUT2D eigenvalue weighted by atomic mass is 10.1. The minimum absolute atomic E-state index is 0.00939. The molecule has 0 atom stereocenters. The van der Waals surface area contributed by atoms with Gasteiger partial charge in [-0.3, -0.25) is 4.79 Å². The Hall–Kier alpha value is -1.85. The lowest BCUT2D eigenvalue weighted by Crippen LogP contribution is -2.27. The first kappa shape index (κ1) is 15.5. The van der Waals surface area contributed by atoms with Gasteiger partial charge in [0, 0.05) is 24.2 Å². The second-order valence-electron chi connectivity index (χ2n) is 4.47. The predicted molar refractivity (Wildman–Crippen MR) is 80.9 cm³/mol.